The number of hydrogen-bond donors (Lipinski definition) is 0. The molecule has 1 nitrogen and oxygen atoms in total. The average molecular weight is 384 g/mol. The van der Waals surface area contributed by atoms with Gasteiger partial charge in [-0.2, -0.15) is 8.78 Å². The number of benzene rings is 3. The van der Waals surface area contributed by atoms with Gasteiger partial charge in [-0.05, 0) is 47.2 Å². The molecular weight excluding hydrogens is 361 g/mol. The number of unbranched alkanes of at least 4 members (excludes halogenated alkanes) is 2. The summed E-state index contributed by atoms with van der Waals surface area (Å²) < 4.78 is 43.0. The van der Waals surface area contributed by atoms with Crippen LogP contribution in [0.2, 0.25) is 0 Å². The third-order valence-corrected chi connectivity index (χ3v) is 4.72. The van der Waals surface area contributed by atoms with Crippen molar-refractivity contribution in [3.8, 4) is 28.0 Å². The van der Waals surface area contributed by atoms with Gasteiger partial charge in [-0.1, -0.05) is 68.3 Å². The van der Waals surface area contributed by atoms with Gasteiger partial charge < -0.3 is 4.74 Å². The molecule has 0 atom stereocenters. The van der Waals surface area contributed by atoms with Crippen LogP contribution >= 0.6 is 0 Å². The number of ether oxygens (including phenoxy) is 1. The maximum Gasteiger partial charge on any atom is 0.387 e. The van der Waals surface area contributed by atoms with Gasteiger partial charge in [0.15, 0.2) is 0 Å². The third-order valence-electron chi connectivity index (χ3n) is 4.72. The lowest BCUT2D eigenvalue weighted by atomic mass is 9.98. The van der Waals surface area contributed by atoms with E-state index in [1.807, 2.05) is 24.3 Å². The molecule has 28 heavy (non-hydrogen) atoms. The van der Waals surface area contributed by atoms with Gasteiger partial charge in [-0.3, -0.25) is 0 Å². The van der Waals surface area contributed by atoms with Crippen molar-refractivity contribution in [1.29, 1.82) is 0 Å². The molecule has 0 aliphatic heterocycles. The van der Waals surface area contributed by atoms with E-state index in [-0.39, 0.29) is 5.75 Å². The average Bonchev–Trinajstić information content (AvgIpc) is 2.69. The zero-order valence-electron chi connectivity index (χ0n) is 15.8. The Kier molecular flexibility index (Phi) is 6.75. The summed E-state index contributed by atoms with van der Waals surface area (Å²) in [7, 11) is 0. The topological polar surface area (TPSA) is 9.23 Å². The molecular formula is C24H23F3O. The molecule has 0 saturated carbocycles. The molecule has 0 unspecified atom stereocenters. The Morgan fingerprint density at radius 2 is 1.39 bits per heavy atom. The van der Waals surface area contributed by atoms with Crippen LogP contribution < -0.4 is 4.74 Å². The number of hydrogen-bond acceptors (Lipinski definition) is 1. The molecule has 3 rings (SSSR count). The molecule has 0 N–H and O–H groups in total. The maximum atomic E-state index is 14.3. The Labute approximate surface area is 163 Å². The van der Waals surface area contributed by atoms with E-state index in [0.717, 1.165) is 23.6 Å². The van der Waals surface area contributed by atoms with Crippen LogP contribution in [0.3, 0.4) is 0 Å². The lowest BCUT2D eigenvalue weighted by Gasteiger charge is -2.09. The highest BCUT2D eigenvalue weighted by molar-refractivity contribution is 5.71. The van der Waals surface area contributed by atoms with Gasteiger partial charge in [0, 0.05) is 11.6 Å². The van der Waals surface area contributed by atoms with Gasteiger partial charge in [-0.15, -0.1) is 0 Å². The molecule has 0 aliphatic rings. The highest BCUT2D eigenvalue weighted by Gasteiger charge is 2.10. The van der Waals surface area contributed by atoms with Crippen molar-refractivity contribution in [3.05, 3.63) is 78.1 Å². The summed E-state index contributed by atoms with van der Waals surface area (Å²) in [6.07, 6.45) is 4.76. The van der Waals surface area contributed by atoms with Gasteiger partial charge in [0.1, 0.15) is 11.6 Å². The lowest BCUT2D eigenvalue weighted by Crippen LogP contribution is -2.02. The van der Waals surface area contributed by atoms with Crippen LogP contribution in [0.4, 0.5) is 13.2 Å². The summed E-state index contributed by atoms with van der Waals surface area (Å²) in [4.78, 5) is 0. The second-order valence-corrected chi connectivity index (χ2v) is 6.75. The Hall–Kier alpha value is -2.75. The second-order valence-electron chi connectivity index (χ2n) is 6.75. The molecule has 3 aromatic carbocycles. The first-order chi connectivity index (χ1) is 13.6. The Morgan fingerprint density at radius 3 is 1.96 bits per heavy atom. The van der Waals surface area contributed by atoms with E-state index >= 15 is 0 Å². The predicted molar refractivity (Wildman–Crippen MR) is 107 cm³/mol. The fourth-order valence-electron chi connectivity index (χ4n) is 3.19. The Bertz CT molecular complexity index is 887. The van der Waals surface area contributed by atoms with Crippen LogP contribution in [-0.2, 0) is 6.42 Å². The SMILES string of the molecule is CCCCCc1ccc(-c2ccc(-c3ccc(OC(F)F)cc3F)cc2)cc1. The van der Waals surface area contributed by atoms with Gasteiger partial charge in [-0.25, -0.2) is 4.39 Å². The minimum atomic E-state index is -2.97. The summed E-state index contributed by atoms with van der Waals surface area (Å²) in [5.74, 6) is -0.783. The van der Waals surface area contributed by atoms with E-state index < -0.39 is 12.4 Å². The second kappa shape index (κ2) is 9.45. The fourth-order valence-corrected chi connectivity index (χ4v) is 3.19. The Morgan fingerprint density at radius 1 is 0.786 bits per heavy atom. The monoisotopic (exact) mass is 384 g/mol. The van der Waals surface area contributed by atoms with Gasteiger partial charge >= 0.3 is 6.61 Å². The smallest absolute Gasteiger partial charge is 0.387 e. The van der Waals surface area contributed by atoms with Gasteiger partial charge in [0.05, 0.1) is 0 Å². The maximum absolute atomic E-state index is 14.3. The van der Waals surface area contributed by atoms with Crippen LogP contribution in [0, 0.1) is 5.82 Å². The summed E-state index contributed by atoms with van der Waals surface area (Å²) in [5, 5.41) is 0. The molecule has 0 aromatic heterocycles. The normalized spacial score (nSPS) is 11.0. The molecule has 0 aliphatic carbocycles. The largest absolute Gasteiger partial charge is 0.435 e. The molecule has 146 valence electrons. The van der Waals surface area contributed by atoms with E-state index in [2.05, 4.69) is 35.9 Å². The first-order valence-electron chi connectivity index (χ1n) is 9.51. The predicted octanol–water partition coefficient (Wildman–Crippen LogP) is 7.49. The van der Waals surface area contributed by atoms with Crippen molar-refractivity contribution < 1.29 is 17.9 Å². The van der Waals surface area contributed by atoms with Crippen LogP contribution in [0.5, 0.6) is 5.75 Å². The lowest BCUT2D eigenvalue weighted by molar-refractivity contribution is -0.0499. The zero-order chi connectivity index (χ0) is 19.9. The van der Waals surface area contributed by atoms with Crippen molar-refractivity contribution >= 4 is 0 Å². The quantitative estimate of drug-likeness (QED) is 0.366. The van der Waals surface area contributed by atoms with Crippen molar-refractivity contribution in [2.45, 2.75) is 39.2 Å². The number of alkyl halides is 2. The first kappa shape index (κ1) is 20.0. The van der Waals surface area contributed by atoms with Crippen molar-refractivity contribution in [3.63, 3.8) is 0 Å². The van der Waals surface area contributed by atoms with Crippen LogP contribution in [0.25, 0.3) is 22.3 Å². The standard InChI is InChI=1S/C24H23F3O/c1-2-3-4-5-17-6-8-18(9-7-17)19-10-12-20(13-11-19)22-15-14-21(16-23(22)25)28-24(26)27/h6-16,24H,2-5H2,1H3. The summed E-state index contributed by atoms with van der Waals surface area (Å²) >= 11 is 0. The van der Waals surface area contributed by atoms with Crippen molar-refractivity contribution in [2.24, 2.45) is 0 Å². The van der Waals surface area contributed by atoms with Gasteiger partial charge in [0.25, 0.3) is 0 Å². The number of rotatable bonds is 8. The van der Waals surface area contributed by atoms with Crippen molar-refractivity contribution in [1.82, 2.24) is 0 Å². The molecule has 0 fully saturated rings. The molecule has 4 heteroatoms. The molecule has 3 aromatic rings. The van der Waals surface area contributed by atoms with Gasteiger partial charge in [0.2, 0.25) is 0 Å². The molecule has 0 bridgehead atoms. The molecule has 0 spiro atoms. The minimum Gasteiger partial charge on any atom is -0.435 e. The summed E-state index contributed by atoms with van der Waals surface area (Å²) in [5.41, 5.74) is 4.51. The highest BCUT2D eigenvalue weighted by atomic mass is 19.3. The molecule has 0 radical (unpaired) electrons. The van der Waals surface area contributed by atoms with E-state index in [1.54, 1.807) is 0 Å². The third kappa shape index (κ3) is 5.16. The summed E-state index contributed by atoms with van der Waals surface area (Å²) in [6.45, 7) is -0.771. The fraction of sp³-hybridized carbons (Fsp3) is 0.250. The highest BCUT2D eigenvalue weighted by Crippen LogP contribution is 2.29. The number of halogens is 3. The Balaban J connectivity index is 1.73. The van der Waals surface area contributed by atoms with Crippen LogP contribution in [-0.4, -0.2) is 6.61 Å². The van der Waals surface area contributed by atoms with Crippen LogP contribution in [0.1, 0.15) is 31.7 Å². The van der Waals surface area contributed by atoms with Crippen LogP contribution in [0.15, 0.2) is 66.7 Å². The van der Waals surface area contributed by atoms with Crippen molar-refractivity contribution in [2.75, 3.05) is 0 Å². The van der Waals surface area contributed by atoms with E-state index in [1.165, 1.54) is 37.0 Å². The summed E-state index contributed by atoms with van der Waals surface area (Å²) in [6, 6.07) is 19.8. The molecule has 0 heterocycles. The van der Waals surface area contributed by atoms with E-state index in [4.69, 9.17) is 0 Å². The molecule has 0 saturated heterocycles. The van der Waals surface area contributed by atoms with E-state index in [9.17, 15) is 13.2 Å². The molecule has 0 amide bonds. The zero-order valence-corrected chi connectivity index (χ0v) is 15.8. The first-order valence-corrected chi connectivity index (χ1v) is 9.51. The number of aryl methyl sites for hydroxylation is 1. The minimum absolute atomic E-state index is 0.188. The van der Waals surface area contributed by atoms with E-state index in [0.29, 0.717) is 11.1 Å².